The summed E-state index contributed by atoms with van der Waals surface area (Å²) in [6, 6.07) is 3.92. The number of urea groups is 1. The molecule has 10 heteroatoms. The summed E-state index contributed by atoms with van der Waals surface area (Å²) in [5, 5.41) is 4.89. The molecule has 186 valence electrons. The summed E-state index contributed by atoms with van der Waals surface area (Å²) in [4.78, 5) is 50.3. The highest BCUT2D eigenvalue weighted by Crippen LogP contribution is 2.29. The second-order valence-electron chi connectivity index (χ2n) is 8.40. The number of nitrogens with zero attached hydrogens (tertiary/aromatic N) is 1. The molecule has 1 heterocycles. The maximum atomic E-state index is 12.4. The Labute approximate surface area is 199 Å². The molecule has 0 atom stereocenters. The van der Waals surface area contributed by atoms with Gasteiger partial charge in [0.2, 0.25) is 0 Å². The number of hydrogen-bond acceptors (Lipinski definition) is 7. The molecule has 0 radical (unpaired) electrons. The minimum absolute atomic E-state index is 0.0724. The normalized spacial score (nSPS) is 16.0. The van der Waals surface area contributed by atoms with Crippen molar-refractivity contribution < 1.29 is 33.4 Å². The van der Waals surface area contributed by atoms with Crippen LogP contribution in [0.2, 0.25) is 0 Å². The Morgan fingerprint density at radius 1 is 0.941 bits per heavy atom. The summed E-state index contributed by atoms with van der Waals surface area (Å²) in [6.07, 6.45) is 7.02. The van der Waals surface area contributed by atoms with Crippen LogP contribution in [0.3, 0.4) is 0 Å². The molecule has 2 N–H and O–H groups in total. The molecule has 10 nitrogen and oxygen atoms in total. The van der Waals surface area contributed by atoms with Gasteiger partial charge >= 0.3 is 12.0 Å². The first-order valence-electron chi connectivity index (χ1n) is 11.9. The lowest BCUT2D eigenvalue weighted by Crippen LogP contribution is -2.44. The molecule has 1 saturated heterocycles. The number of esters is 1. The number of carbonyl (C=O) groups excluding carboxylic acids is 4. The SMILES string of the molecule is CCOc1cc(C(=O)OCC(=O)NC(=O)NC2CCCC2)ccc1OCC(=O)N1CCCCC1. The first kappa shape index (κ1) is 25.3. The predicted molar refractivity (Wildman–Crippen MR) is 123 cm³/mol. The molecule has 1 aromatic carbocycles. The van der Waals surface area contributed by atoms with Gasteiger partial charge in [-0.25, -0.2) is 9.59 Å². The van der Waals surface area contributed by atoms with E-state index in [4.69, 9.17) is 14.2 Å². The zero-order valence-electron chi connectivity index (χ0n) is 19.6. The van der Waals surface area contributed by atoms with E-state index in [2.05, 4.69) is 10.6 Å². The fraction of sp³-hybridized carbons (Fsp3) is 0.583. The van der Waals surface area contributed by atoms with E-state index < -0.39 is 24.5 Å². The molecule has 4 amide bonds. The van der Waals surface area contributed by atoms with Gasteiger partial charge in [0, 0.05) is 19.1 Å². The fourth-order valence-corrected chi connectivity index (χ4v) is 4.07. The number of benzene rings is 1. The van der Waals surface area contributed by atoms with Crippen LogP contribution in [0, 0.1) is 0 Å². The number of imide groups is 1. The second kappa shape index (κ2) is 12.8. The Morgan fingerprint density at radius 2 is 1.68 bits per heavy atom. The van der Waals surface area contributed by atoms with E-state index in [0.29, 0.717) is 18.1 Å². The predicted octanol–water partition coefficient (Wildman–Crippen LogP) is 2.40. The van der Waals surface area contributed by atoms with E-state index in [-0.39, 0.29) is 24.1 Å². The monoisotopic (exact) mass is 475 g/mol. The smallest absolute Gasteiger partial charge is 0.338 e. The average Bonchev–Trinajstić information content (AvgIpc) is 3.35. The van der Waals surface area contributed by atoms with E-state index in [9.17, 15) is 19.2 Å². The first-order chi connectivity index (χ1) is 16.5. The zero-order valence-corrected chi connectivity index (χ0v) is 19.6. The van der Waals surface area contributed by atoms with Gasteiger partial charge in [-0.3, -0.25) is 14.9 Å². The van der Waals surface area contributed by atoms with Crippen molar-refractivity contribution in [3.63, 3.8) is 0 Å². The number of rotatable bonds is 9. The molecular formula is C24H33N3O7. The van der Waals surface area contributed by atoms with Gasteiger partial charge in [-0.1, -0.05) is 12.8 Å². The van der Waals surface area contributed by atoms with Crippen LogP contribution in [0.25, 0.3) is 0 Å². The third-order valence-electron chi connectivity index (χ3n) is 5.82. The van der Waals surface area contributed by atoms with Gasteiger partial charge < -0.3 is 24.4 Å². The van der Waals surface area contributed by atoms with E-state index >= 15 is 0 Å². The fourth-order valence-electron chi connectivity index (χ4n) is 4.07. The number of carbonyl (C=O) groups is 4. The minimum Gasteiger partial charge on any atom is -0.490 e. The van der Waals surface area contributed by atoms with Crippen molar-refractivity contribution >= 4 is 23.8 Å². The lowest BCUT2D eigenvalue weighted by atomic mass is 10.1. The van der Waals surface area contributed by atoms with Crippen LogP contribution in [0.15, 0.2) is 18.2 Å². The molecule has 1 saturated carbocycles. The Hall–Kier alpha value is -3.30. The molecule has 0 spiro atoms. The van der Waals surface area contributed by atoms with Crippen molar-refractivity contribution in [1.29, 1.82) is 0 Å². The number of nitrogens with one attached hydrogen (secondary N) is 2. The van der Waals surface area contributed by atoms with Crippen molar-refractivity contribution in [2.45, 2.75) is 57.9 Å². The van der Waals surface area contributed by atoms with Crippen molar-refractivity contribution in [3.8, 4) is 11.5 Å². The van der Waals surface area contributed by atoms with Crippen LogP contribution in [-0.4, -0.2) is 67.7 Å². The van der Waals surface area contributed by atoms with E-state index in [1.165, 1.54) is 18.2 Å². The van der Waals surface area contributed by atoms with Gasteiger partial charge in [0.25, 0.3) is 11.8 Å². The summed E-state index contributed by atoms with van der Waals surface area (Å²) in [7, 11) is 0. The molecule has 0 aromatic heterocycles. The number of amides is 4. The van der Waals surface area contributed by atoms with Crippen LogP contribution in [0.1, 0.15) is 62.2 Å². The van der Waals surface area contributed by atoms with Crippen LogP contribution < -0.4 is 20.1 Å². The molecular weight excluding hydrogens is 442 g/mol. The Morgan fingerprint density at radius 3 is 2.38 bits per heavy atom. The molecule has 1 aromatic rings. The molecule has 3 rings (SSSR count). The molecule has 1 aliphatic carbocycles. The van der Waals surface area contributed by atoms with Crippen LogP contribution >= 0.6 is 0 Å². The molecule has 1 aliphatic heterocycles. The maximum Gasteiger partial charge on any atom is 0.338 e. The van der Waals surface area contributed by atoms with E-state index in [1.54, 1.807) is 11.8 Å². The summed E-state index contributed by atoms with van der Waals surface area (Å²) in [5.74, 6) is -0.921. The number of piperidine rings is 1. The largest absolute Gasteiger partial charge is 0.490 e. The lowest BCUT2D eigenvalue weighted by Gasteiger charge is -2.26. The highest BCUT2D eigenvalue weighted by molar-refractivity contribution is 5.97. The van der Waals surface area contributed by atoms with Gasteiger partial charge in [-0.2, -0.15) is 0 Å². The van der Waals surface area contributed by atoms with Crippen LogP contribution in [0.5, 0.6) is 11.5 Å². The van der Waals surface area contributed by atoms with Crippen molar-refractivity contribution in [2.75, 3.05) is 32.9 Å². The third-order valence-corrected chi connectivity index (χ3v) is 5.82. The highest BCUT2D eigenvalue weighted by atomic mass is 16.5. The maximum absolute atomic E-state index is 12.4. The van der Waals surface area contributed by atoms with Crippen molar-refractivity contribution in [2.24, 2.45) is 0 Å². The molecule has 2 fully saturated rings. The minimum atomic E-state index is -0.747. The van der Waals surface area contributed by atoms with Gasteiger partial charge in [-0.15, -0.1) is 0 Å². The standard InChI is InChI=1S/C24H33N3O7/c1-2-32-20-14-17(10-11-19(20)33-16-22(29)27-12-6-3-7-13-27)23(30)34-15-21(28)26-24(31)25-18-8-4-5-9-18/h10-11,14,18H,2-9,12-13,15-16H2,1H3,(H2,25,26,28,31). The van der Waals surface area contributed by atoms with Gasteiger partial charge in [0.1, 0.15) is 0 Å². The lowest BCUT2D eigenvalue weighted by molar-refractivity contribution is -0.134. The van der Waals surface area contributed by atoms with Gasteiger partial charge in [0.15, 0.2) is 24.7 Å². The molecule has 0 unspecified atom stereocenters. The quantitative estimate of drug-likeness (QED) is 0.526. The summed E-state index contributed by atoms with van der Waals surface area (Å²) in [5.41, 5.74) is 0.154. The number of ether oxygens (including phenoxy) is 3. The summed E-state index contributed by atoms with van der Waals surface area (Å²) in [6.45, 7) is 2.88. The first-order valence-corrected chi connectivity index (χ1v) is 11.9. The Balaban J connectivity index is 1.49. The van der Waals surface area contributed by atoms with Gasteiger partial charge in [-0.05, 0) is 57.2 Å². The molecule has 0 bridgehead atoms. The summed E-state index contributed by atoms with van der Waals surface area (Å²) < 4.78 is 16.2. The second-order valence-corrected chi connectivity index (χ2v) is 8.40. The highest BCUT2D eigenvalue weighted by Gasteiger charge is 2.21. The number of hydrogen-bond donors (Lipinski definition) is 2. The zero-order chi connectivity index (χ0) is 24.3. The van der Waals surface area contributed by atoms with Crippen molar-refractivity contribution in [1.82, 2.24) is 15.5 Å². The van der Waals surface area contributed by atoms with E-state index in [0.717, 1.165) is 58.0 Å². The molecule has 34 heavy (non-hydrogen) atoms. The van der Waals surface area contributed by atoms with Gasteiger partial charge in [0.05, 0.1) is 12.2 Å². The third kappa shape index (κ3) is 7.64. The molecule has 2 aliphatic rings. The van der Waals surface area contributed by atoms with Crippen LogP contribution in [0.4, 0.5) is 4.79 Å². The van der Waals surface area contributed by atoms with E-state index in [1.807, 2.05) is 0 Å². The number of likely N-dealkylation sites (tertiary alicyclic amines) is 1. The van der Waals surface area contributed by atoms with Crippen molar-refractivity contribution in [3.05, 3.63) is 23.8 Å². The Bertz CT molecular complexity index is 877. The van der Waals surface area contributed by atoms with Crippen LogP contribution in [-0.2, 0) is 14.3 Å². The topological polar surface area (TPSA) is 123 Å². The Kier molecular flexibility index (Phi) is 9.54. The average molecular weight is 476 g/mol. The summed E-state index contributed by atoms with van der Waals surface area (Å²) >= 11 is 0.